The van der Waals surface area contributed by atoms with E-state index in [-0.39, 0.29) is 23.8 Å². The minimum Gasteiger partial charge on any atom is -0.480 e. The fourth-order valence-corrected chi connectivity index (χ4v) is 4.53. The standard InChI is InChI=1S/C18H19N5O7S2/c1-11-8-22(17(28)20-16(11)27)9-14(24)21(10-15(25)26)6-7-23(32(29)30)18-19-12-4-2-3-5-13(12)31-18/h2-5,8,32H,6-7,9-10H2,1H3,(H,25,26)(H,20,27,28). The molecule has 0 bridgehead atoms. The zero-order chi connectivity index (χ0) is 23.4. The van der Waals surface area contributed by atoms with Gasteiger partial charge in [0, 0.05) is 18.3 Å². The topological polar surface area (TPSA) is 163 Å². The van der Waals surface area contributed by atoms with Crippen LogP contribution in [0.3, 0.4) is 0 Å². The van der Waals surface area contributed by atoms with Crippen molar-refractivity contribution in [3.63, 3.8) is 0 Å². The van der Waals surface area contributed by atoms with Gasteiger partial charge in [-0.3, -0.25) is 23.9 Å². The molecule has 12 nitrogen and oxygen atoms in total. The number of carboxylic acids is 1. The van der Waals surface area contributed by atoms with E-state index >= 15 is 0 Å². The number of amides is 1. The number of carboxylic acid groups (broad SMARTS) is 1. The predicted octanol–water partition coefficient (Wildman–Crippen LogP) is -0.599. The smallest absolute Gasteiger partial charge is 0.328 e. The van der Waals surface area contributed by atoms with Crippen molar-refractivity contribution in [1.82, 2.24) is 19.4 Å². The Labute approximate surface area is 186 Å². The summed E-state index contributed by atoms with van der Waals surface area (Å²) < 4.78 is 26.3. The highest BCUT2D eigenvalue weighted by Gasteiger charge is 2.21. The number of benzene rings is 1. The highest BCUT2D eigenvalue weighted by atomic mass is 32.2. The minimum absolute atomic E-state index is 0.192. The lowest BCUT2D eigenvalue weighted by atomic mass is 10.3. The van der Waals surface area contributed by atoms with Crippen molar-refractivity contribution in [2.75, 3.05) is 23.9 Å². The summed E-state index contributed by atoms with van der Waals surface area (Å²) in [4.78, 5) is 54.6. The van der Waals surface area contributed by atoms with Gasteiger partial charge in [-0.05, 0) is 19.1 Å². The second-order valence-corrected chi connectivity index (χ2v) is 8.70. The Balaban J connectivity index is 1.80. The Kier molecular flexibility index (Phi) is 7.05. The molecule has 14 heteroatoms. The second-order valence-electron chi connectivity index (χ2n) is 6.73. The molecule has 0 radical (unpaired) electrons. The Morgan fingerprint density at radius 1 is 1.22 bits per heavy atom. The molecule has 0 saturated carbocycles. The lowest BCUT2D eigenvalue weighted by molar-refractivity contribution is -0.144. The molecule has 32 heavy (non-hydrogen) atoms. The largest absolute Gasteiger partial charge is 0.480 e. The number of aromatic nitrogens is 3. The van der Waals surface area contributed by atoms with E-state index in [1.54, 1.807) is 24.3 Å². The van der Waals surface area contributed by atoms with Crippen molar-refractivity contribution in [2.45, 2.75) is 13.5 Å². The highest BCUT2D eigenvalue weighted by Crippen LogP contribution is 2.28. The normalized spacial score (nSPS) is 11.1. The molecule has 1 amide bonds. The number of nitrogens with zero attached hydrogens (tertiary/aromatic N) is 4. The summed E-state index contributed by atoms with van der Waals surface area (Å²) in [7, 11) is -3.11. The number of aromatic amines is 1. The van der Waals surface area contributed by atoms with Crippen molar-refractivity contribution in [3.05, 3.63) is 56.9 Å². The van der Waals surface area contributed by atoms with Crippen LogP contribution in [0.2, 0.25) is 0 Å². The van der Waals surface area contributed by atoms with Gasteiger partial charge in [-0.1, -0.05) is 23.5 Å². The van der Waals surface area contributed by atoms with Gasteiger partial charge in [0.2, 0.25) is 16.8 Å². The SMILES string of the molecule is Cc1cn(CC(=O)N(CCN(c2nc3ccccc3s2)[SH](=O)=O)CC(=O)O)c(=O)[nH]c1=O. The maximum absolute atomic E-state index is 12.7. The van der Waals surface area contributed by atoms with E-state index in [0.29, 0.717) is 5.52 Å². The third kappa shape index (κ3) is 5.39. The molecule has 0 unspecified atom stereocenters. The van der Waals surface area contributed by atoms with Crippen LogP contribution >= 0.6 is 11.3 Å². The molecule has 3 rings (SSSR count). The van der Waals surface area contributed by atoms with Crippen LogP contribution in [0.1, 0.15) is 5.56 Å². The van der Waals surface area contributed by atoms with Gasteiger partial charge in [-0.2, -0.15) is 0 Å². The second kappa shape index (κ2) is 9.74. The average molecular weight is 482 g/mol. The summed E-state index contributed by atoms with van der Waals surface area (Å²) in [5.74, 6) is -2.03. The number of nitrogens with one attached hydrogen (secondary N) is 1. The summed E-state index contributed by atoms with van der Waals surface area (Å²) in [6.07, 6.45) is 1.19. The predicted molar refractivity (Wildman–Crippen MR) is 118 cm³/mol. The van der Waals surface area contributed by atoms with Crippen molar-refractivity contribution in [1.29, 1.82) is 0 Å². The van der Waals surface area contributed by atoms with Crippen molar-refractivity contribution < 1.29 is 23.1 Å². The number of anilines is 1. The van der Waals surface area contributed by atoms with Crippen molar-refractivity contribution >= 4 is 49.5 Å². The molecule has 2 aromatic heterocycles. The van der Waals surface area contributed by atoms with Crippen LogP contribution in [0.15, 0.2) is 40.1 Å². The monoisotopic (exact) mass is 481 g/mol. The minimum atomic E-state index is -3.11. The summed E-state index contributed by atoms with van der Waals surface area (Å²) in [6.45, 7) is -0.235. The van der Waals surface area contributed by atoms with Gasteiger partial charge in [0.15, 0.2) is 5.13 Å². The Bertz CT molecular complexity index is 1320. The van der Waals surface area contributed by atoms with Crippen LogP contribution in [0.25, 0.3) is 10.2 Å². The van der Waals surface area contributed by atoms with E-state index < -0.39 is 47.1 Å². The first-order valence-electron chi connectivity index (χ1n) is 9.23. The van der Waals surface area contributed by atoms with Crippen LogP contribution in [-0.4, -0.2) is 64.5 Å². The zero-order valence-corrected chi connectivity index (χ0v) is 18.5. The number of carbonyl (C=O) groups excluding carboxylic acids is 1. The molecule has 1 aromatic carbocycles. The number of carbonyl (C=O) groups is 2. The third-order valence-electron chi connectivity index (χ3n) is 4.46. The van der Waals surface area contributed by atoms with E-state index in [4.69, 9.17) is 5.11 Å². The molecular formula is C18H19N5O7S2. The third-order valence-corrected chi connectivity index (χ3v) is 6.43. The van der Waals surface area contributed by atoms with Gasteiger partial charge in [0.1, 0.15) is 13.1 Å². The molecule has 2 heterocycles. The van der Waals surface area contributed by atoms with Crippen LogP contribution in [-0.2, 0) is 27.0 Å². The van der Waals surface area contributed by atoms with Crippen LogP contribution in [0.5, 0.6) is 0 Å². The molecule has 0 atom stereocenters. The Hall–Kier alpha value is -3.52. The summed E-state index contributed by atoms with van der Waals surface area (Å²) in [5, 5.41) is 9.36. The van der Waals surface area contributed by atoms with Gasteiger partial charge in [-0.15, -0.1) is 0 Å². The summed E-state index contributed by atoms with van der Waals surface area (Å²) >= 11 is 1.15. The number of hydrogen-bond acceptors (Lipinski definition) is 8. The summed E-state index contributed by atoms with van der Waals surface area (Å²) in [5.41, 5.74) is -0.594. The fourth-order valence-electron chi connectivity index (χ4n) is 2.87. The first kappa shape index (κ1) is 23.1. The summed E-state index contributed by atoms with van der Waals surface area (Å²) in [6, 6.07) is 7.08. The Morgan fingerprint density at radius 2 is 1.94 bits per heavy atom. The quantitative estimate of drug-likeness (QED) is 0.341. The molecular weight excluding hydrogens is 462 g/mol. The van der Waals surface area contributed by atoms with E-state index in [2.05, 4.69) is 9.97 Å². The van der Waals surface area contributed by atoms with E-state index in [0.717, 1.165) is 29.8 Å². The van der Waals surface area contributed by atoms with E-state index in [1.165, 1.54) is 13.1 Å². The number of thiazole rings is 1. The highest BCUT2D eigenvalue weighted by molar-refractivity contribution is 7.74. The molecule has 0 fully saturated rings. The number of para-hydroxylation sites is 1. The molecule has 2 N–H and O–H groups in total. The van der Waals surface area contributed by atoms with E-state index in [9.17, 15) is 27.6 Å². The van der Waals surface area contributed by atoms with Crippen LogP contribution < -0.4 is 15.6 Å². The number of aliphatic carboxylic acids is 1. The first-order valence-corrected chi connectivity index (χ1v) is 11.2. The van der Waals surface area contributed by atoms with Gasteiger partial charge in [0.05, 0.1) is 16.8 Å². The molecule has 170 valence electrons. The van der Waals surface area contributed by atoms with Gasteiger partial charge in [0.25, 0.3) is 5.56 Å². The number of fused-ring (bicyclic) bond motifs is 1. The van der Waals surface area contributed by atoms with Crippen molar-refractivity contribution in [2.24, 2.45) is 0 Å². The molecule has 0 spiro atoms. The molecule has 3 aromatic rings. The maximum Gasteiger partial charge on any atom is 0.328 e. The van der Waals surface area contributed by atoms with Gasteiger partial charge < -0.3 is 10.0 Å². The Morgan fingerprint density at radius 3 is 2.59 bits per heavy atom. The van der Waals surface area contributed by atoms with Gasteiger partial charge >= 0.3 is 11.7 Å². The molecule has 0 aliphatic carbocycles. The number of thiol groups is 1. The first-order chi connectivity index (χ1) is 15.2. The number of aryl methyl sites for hydroxylation is 1. The zero-order valence-electron chi connectivity index (χ0n) is 16.8. The number of hydrogen-bond donors (Lipinski definition) is 3. The molecule has 0 aliphatic heterocycles. The fraction of sp³-hybridized carbons (Fsp3) is 0.278. The average Bonchev–Trinajstić information content (AvgIpc) is 3.14. The van der Waals surface area contributed by atoms with Crippen LogP contribution in [0, 0.1) is 6.92 Å². The lowest BCUT2D eigenvalue weighted by Crippen LogP contribution is -2.44. The molecule has 0 saturated heterocycles. The van der Waals surface area contributed by atoms with E-state index in [1.807, 2.05) is 0 Å². The lowest BCUT2D eigenvalue weighted by Gasteiger charge is -2.23. The number of H-pyrrole nitrogens is 1. The van der Waals surface area contributed by atoms with Crippen LogP contribution in [0.4, 0.5) is 5.13 Å². The maximum atomic E-state index is 12.7. The number of rotatable bonds is 9. The van der Waals surface area contributed by atoms with Gasteiger partial charge in [-0.25, -0.2) is 22.5 Å². The molecule has 0 aliphatic rings. The van der Waals surface area contributed by atoms with Crippen molar-refractivity contribution in [3.8, 4) is 0 Å².